The molecule has 0 saturated carbocycles. The summed E-state index contributed by atoms with van der Waals surface area (Å²) in [5, 5.41) is 21.2. The van der Waals surface area contributed by atoms with Crippen molar-refractivity contribution in [3.8, 4) is 0 Å². The van der Waals surface area contributed by atoms with Gasteiger partial charge in [-0.05, 0) is 65.4 Å². The van der Waals surface area contributed by atoms with Crippen molar-refractivity contribution >= 4 is 38.5 Å². The highest BCUT2D eigenvalue weighted by Crippen LogP contribution is 2.28. The van der Waals surface area contributed by atoms with Crippen LogP contribution in [-0.4, -0.2) is 43.2 Å². The monoisotopic (exact) mass is 607 g/mol. The first-order chi connectivity index (χ1) is 22.7. The molecular formula is C38H37N7O. The SMILES string of the molecule is O=C(N[C@H](Cc1c[nH]c2ccccc12)c1nnc(CCc2c[nH]c3ccccc23)n1Cc1cccc2ccccc12)[C@@H]1CCCN1. The number of H-pyrrole nitrogens is 2. The second-order valence-electron chi connectivity index (χ2n) is 12.3. The minimum atomic E-state index is -0.363. The fourth-order valence-corrected chi connectivity index (χ4v) is 7.06. The van der Waals surface area contributed by atoms with Gasteiger partial charge >= 0.3 is 0 Å². The van der Waals surface area contributed by atoms with E-state index in [-0.39, 0.29) is 18.0 Å². The van der Waals surface area contributed by atoms with E-state index < -0.39 is 0 Å². The number of hydrogen-bond acceptors (Lipinski definition) is 4. The zero-order valence-corrected chi connectivity index (χ0v) is 25.7. The summed E-state index contributed by atoms with van der Waals surface area (Å²) in [7, 11) is 0. The standard InChI is InChI=1S/C38H37N7O/c46-38(34-17-8-20-39-34)42-35(21-28-23-41-33-16-6-4-14-31(28)33)37-44-43-36(19-18-26-22-40-32-15-5-3-13-30(26)32)45(37)24-27-11-7-10-25-9-1-2-12-29(25)27/h1-7,9-16,22-23,34-35,39-41H,8,17-21,24H2,(H,42,46)/t34-,35+/m0/s1. The number of amides is 1. The average Bonchev–Trinajstić information content (AvgIpc) is 3.91. The molecule has 1 saturated heterocycles. The van der Waals surface area contributed by atoms with Crippen LogP contribution in [0.15, 0.2) is 103 Å². The van der Waals surface area contributed by atoms with Crippen LogP contribution in [0.2, 0.25) is 0 Å². The number of aromatic amines is 2. The highest BCUT2D eigenvalue weighted by molar-refractivity contribution is 5.86. The first-order valence-electron chi connectivity index (χ1n) is 16.2. The number of nitrogens with zero attached hydrogens (tertiary/aromatic N) is 3. The molecule has 7 aromatic rings. The van der Waals surface area contributed by atoms with Gasteiger partial charge in [0.25, 0.3) is 0 Å². The van der Waals surface area contributed by atoms with Crippen molar-refractivity contribution in [1.29, 1.82) is 0 Å². The van der Waals surface area contributed by atoms with E-state index in [0.717, 1.165) is 65.9 Å². The van der Waals surface area contributed by atoms with Crippen LogP contribution in [0, 0.1) is 0 Å². The summed E-state index contributed by atoms with van der Waals surface area (Å²) in [6.45, 7) is 1.47. The van der Waals surface area contributed by atoms with Crippen LogP contribution in [0.3, 0.4) is 0 Å². The molecule has 1 amide bonds. The fourth-order valence-electron chi connectivity index (χ4n) is 7.06. The Hall–Kier alpha value is -5.21. The van der Waals surface area contributed by atoms with Gasteiger partial charge in [0.1, 0.15) is 5.82 Å². The number of rotatable bonds is 10. The lowest BCUT2D eigenvalue weighted by molar-refractivity contribution is -0.123. The van der Waals surface area contributed by atoms with Gasteiger partial charge in [-0.25, -0.2) is 0 Å². The predicted octanol–water partition coefficient (Wildman–Crippen LogP) is 6.38. The summed E-state index contributed by atoms with van der Waals surface area (Å²) < 4.78 is 2.25. The largest absolute Gasteiger partial charge is 0.361 e. The molecule has 0 spiro atoms. The van der Waals surface area contributed by atoms with Gasteiger partial charge in [0, 0.05) is 47.0 Å². The Labute approximate surface area is 267 Å². The summed E-state index contributed by atoms with van der Waals surface area (Å²) in [4.78, 5) is 20.5. The smallest absolute Gasteiger partial charge is 0.237 e. The van der Waals surface area contributed by atoms with E-state index in [2.05, 4.69) is 122 Å². The van der Waals surface area contributed by atoms with Gasteiger partial charge in [-0.15, -0.1) is 10.2 Å². The van der Waals surface area contributed by atoms with E-state index in [9.17, 15) is 4.79 Å². The Morgan fingerprint density at radius 2 is 1.48 bits per heavy atom. The number of nitrogens with one attached hydrogen (secondary N) is 4. The lowest BCUT2D eigenvalue weighted by Crippen LogP contribution is -2.43. The minimum absolute atomic E-state index is 0.0161. The minimum Gasteiger partial charge on any atom is -0.361 e. The van der Waals surface area contributed by atoms with Gasteiger partial charge in [0.2, 0.25) is 5.91 Å². The number of hydrogen-bond donors (Lipinski definition) is 4. The molecule has 2 atom stereocenters. The second kappa shape index (κ2) is 12.3. The molecule has 4 heterocycles. The van der Waals surface area contributed by atoms with E-state index in [1.54, 1.807) is 0 Å². The van der Waals surface area contributed by atoms with Crippen LogP contribution >= 0.6 is 0 Å². The van der Waals surface area contributed by atoms with Gasteiger partial charge < -0.3 is 25.2 Å². The molecule has 8 nitrogen and oxygen atoms in total. The summed E-state index contributed by atoms with van der Waals surface area (Å²) in [6, 6.07) is 31.1. The molecule has 1 aliphatic rings. The van der Waals surface area contributed by atoms with E-state index in [4.69, 9.17) is 10.2 Å². The number of para-hydroxylation sites is 2. The Kier molecular flexibility index (Phi) is 7.56. The van der Waals surface area contributed by atoms with E-state index >= 15 is 0 Å². The third kappa shape index (κ3) is 5.45. The molecule has 8 heteroatoms. The molecule has 0 bridgehead atoms. The highest BCUT2D eigenvalue weighted by Gasteiger charge is 2.29. The van der Waals surface area contributed by atoms with Crippen LogP contribution < -0.4 is 10.6 Å². The number of carbonyl (C=O) groups is 1. The molecular weight excluding hydrogens is 570 g/mol. The molecule has 1 aliphatic heterocycles. The Morgan fingerprint density at radius 1 is 0.783 bits per heavy atom. The van der Waals surface area contributed by atoms with Crippen LogP contribution in [0.5, 0.6) is 0 Å². The van der Waals surface area contributed by atoms with Crippen molar-refractivity contribution in [2.75, 3.05) is 6.54 Å². The van der Waals surface area contributed by atoms with Crippen LogP contribution in [-0.2, 0) is 30.6 Å². The van der Waals surface area contributed by atoms with Gasteiger partial charge in [-0.2, -0.15) is 0 Å². The van der Waals surface area contributed by atoms with Crippen LogP contribution in [0.4, 0.5) is 0 Å². The highest BCUT2D eigenvalue weighted by atomic mass is 16.2. The molecule has 8 rings (SSSR count). The van der Waals surface area contributed by atoms with Gasteiger partial charge in [-0.1, -0.05) is 78.9 Å². The van der Waals surface area contributed by atoms with E-state index in [1.165, 1.54) is 27.3 Å². The van der Waals surface area contributed by atoms with Gasteiger partial charge in [0.05, 0.1) is 18.6 Å². The fraction of sp³-hybridized carbons (Fsp3) is 0.237. The normalized spacial score (nSPS) is 15.6. The molecule has 46 heavy (non-hydrogen) atoms. The van der Waals surface area contributed by atoms with Crippen molar-refractivity contribution < 1.29 is 4.79 Å². The second-order valence-corrected chi connectivity index (χ2v) is 12.3. The maximum Gasteiger partial charge on any atom is 0.237 e. The average molecular weight is 608 g/mol. The summed E-state index contributed by atoms with van der Waals surface area (Å²) in [5.41, 5.74) is 5.81. The number of aryl methyl sites for hydroxylation is 2. The maximum absolute atomic E-state index is 13.6. The molecule has 0 aliphatic carbocycles. The molecule has 1 fully saturated rings. The number of benzene rings is 4. The summed E-state index contributed by atoms with van der Waals surface area (Å²) in [5.74, 6) is 1.70. The molecule has 4 aromatic carbocycles. The van der Waals surface area contributed by atoms with Crippen molar-refractivity contribution in [1.82, 2.24) is 35.4 Å². The molecule has 0 unspecified atom stereocenters. The molecule has 230 valence electrons. The van der Waals surface area contributed by atoms with Gasteiger partial charge in [-0.3, -0.25) is 4.79 Å². The van der Waals surface area contributed by atoms with Crippen molar-refractivity contribution in [2.45, 2.75) is 50.7 Å². The Bertz CT molecular complexity index is 2140. The van der Waals surface area contributed by atoms with E-state index in [1.807, 2.05) is 6.07 Å². The topological polar surface area (TPSA) is 103 Å². The van der Waals surface area contributed by atoms with Crippen molar-refractivity contribution in [2.24, 2.45) is 0 Å². The lowest BCUT2D eigenvalue weighted by Gasteiger charge is -2.22. The van der Waals surface area contributed by atoms with E-state index in [0.29, 0.717) is 13.0 Å². The van der Waals surface area contributed by atoms with Crippen molar-refractivity contribution in [3.63, 3.8) is 0 Å². The number of carbonyl (C=O) groups excluding carboxylic acids is 1. The lowest BCUT2D eigenvalue weighted by atomic mass is 10.0. The maximum atomic E-state index is 13.6. The summed E-state index contributed by atoms with van der Waals surface area (Å²) in [6.07, 6.45) is 8.14. The first-order valence-corrected chi connectivity index (χ1v) is 16.2. The van der Waals surface area contributed by atoms with Crippen LogP contribution in [0.1, 0.15) is 47.2 Å². The zero-order valence-electron chi connectivity index (χ0n) is 25.7. The summed E-state index contributed by atoms with van der Waals surface area (Å²) >= 11 is 0. The third-order valence-corrected chi connectivity index (χ3v) is 9.46. The van der Waals surface area contributed by atoms with Crippen LogP contribution in [0.25, 0.3) is 32.6 Å². The molecule has 0 radical (unpaired) electrons. The number of fused-ring (bicyclic) bond motifs is 3. The first kappa shape index (κ1) is 28.3. The van der Waals surface area contributed by atoms with Crippen molar-refractivity contribution in [3.05, 3.63) is 132 Å². The number of aromatic nitrogens is 5. The zero-order chi connectivity index (χ0) is 30.9. The quantitative estimate of drug-likeness (QED) is 0.145. The van der Waals surface area contributed by atoms with Gasteiger partial charge in [0.15, 0.2) is 5.82 Å². The third-order valence-electron chi connectivity index (χ3n) is 9.46. The molecule has 4 N–H and O–H groups in total. The predicted molar refractivity (Wildman–Crippen MR) is 183 cm³/mol. The Morgan fingerprint density at radius 3 is 2.26 bits per heavy atom. The molecule has 3 aromatic heterocycles. The Balaban J connectivity index is 1.20.